The Hall–Kier alpha value is -3.50. The van der Waals surface area contributed by atoms with Gasteiger partial charge in [0.1, 0.15) is 5.82 Å². The Morgan fingerprint density at radius 1 is 1.04 bits per heavy atom. The summed E-state index contributed by atoms with van der Waals surface area (Å²) >= 11 is 0. The molecule has 0 saturated carbocycles. The summed E-state index contributed by atoms with van der Waals surface area (Å²) in [6.45, 7) is 0. The Labute approximate surface area is 157 Å². The number of hydrogen-bond acceptors (Lipinski definition) is 5. The van der Waals surface area contributed by atoms with Crippen molar-refractivity contribution in [2.45, 2.75) is 4.90 Å². The Kier molecular flexibility index (Phi) is 5.29. The number of nitrogen functional groups attached to an aromatic ring is 1. The molecule has 1 aromatic carbocycles. The number of rotatable bonds is 2. The van der Waals surface area contributed by atoms with Gasteiger partial charge in [-0.3, -0.25) is 9.78 Å². The predicted octanol–water partition coefficient (Wildman–Crippen LogP) is 2.76. The van der Waals surface area contributed by atoms with Gasteiger partial charge in [0.2, 0.25) is 0 Å². The van der Waals surface area contributed by atoms with E-state index in [1.807, 2.05) is 6.07 Å². The lowest BCUT2D eigenvalue weighted by Crippen LogP contribution is -2.04. The molecule has 0 spiro atoms. The van der Waals surface area contributed by atoms with Gasteiger partial charge in [0, 0.05) is 40.9 Å². The van der Waals surface area contributed by atoms with Gasteiger partial charge in [-0.15, -0.1) is 0 Å². The number of nitrogens with two attached hydrogens (primary N) is 1. The minimum atomic E-state index is -2.84. The fourth-order valence-corrected chi connectivity index (χ4v) is 3.37. The van der Waals surface area contributed by atoms with Gasteiger partial charge in [-0.05, 0) is 30.3 Å². The normalized spacial score (nSPS) is 12.3. The Balaban J connectivity index is 1.87. The highest BCUT2D eigenvalue weighted by Crippen LogP contribution is 2.13. The number of carbonyl (C=O) groups is 1. The minimum absolute atomic E-state index is 0.225. The van der Waals surface area contributed by atoms with Crippen molar-refractivity contribution in [3.05, 3.63) is 83.8 Å². The molecule has 0 aliphatic heterocycles. The zero-order valence-corrected chi connectivity index (χ0v) is 15.3. The predicted molar refractivity (Wildman–Crippen MR) is 104 cm³/mol. The smallest absolute Gasteiger partial charge is 0.286 e. The van der Waals surface area contributed by atoms with Crippen LogP contribution in [0.1, 0.15) is 21.5 Å². The van der Waals surface area contributed by atoms with Gasteiger partial charge in [0.05, 0.1) is 15.3 Å². The summed E-state index contributed by atoms with van der Waals surface area (Å²) in [4.78, 5) is 20.9. The van der Waals surface area contributed by atoms with E-state index in [9.17, 15) is 9.00 Å². The number of anilines is 1. The van der Waals surface area contributed by atoms with Crippen LogP contribution in [0, 0.1) is 11.8 Å². The van der Waals surface area contributed by atoms with Gasteiger partial charge in [-0.1, -0.05) is 30.0 Å². The molecule has 0 fully saturated rings. The fraction of sp³-hybridized carbons (Fsp3) is 0.0500. The number of pyridine rings is 2. The number of hydrogen-bond donors (Lipinski definition) is 1. The maximum absolute atomic E-state index is 12.7. The first kappa shape index (κ1) is 18.3. The molecular weight excluding hydrogens is 360 g/mol. The number of benzene rings is 1. The lowest BCUT2D eigenvalue weighted by molar-refractivity contribution is 0.100. The van der Waals surface area contributed by atoms with Crippen molar-refractivity contribution in [1.82, 2.24) is 9.97 Å². The SMILES string of the molecule is C[S@@](=O)(=NC(=O)c1cncc(C#Cc2ccc(N)nc2)c1)c1ccccc1. The third-order valence-corrected chi connectivity index (χ3v) is 5.22. The highest BCUT2D eigenvalue weighted by atomic mass is 32.2. The van der Waals surface area contributed by atoms with E-state index in [0.29, 0.717) is 21.8 Å². The minimum Gasteiger partial charge on any atom is -0.384 e. The van der Waals surface area contributed by atoms with Crippen LogP contribution in [0.5, 0.6) is 0 Å². The van der Waals surface area contributed by atoms with Gasteiger partial charge in [0.25, 0.3) is 5.91 Å². The molecule has 0 aliphatic carbocycles. The largest absolute Gasteiger partial charge is 0.384 e. The summed E-state index contributed by atoms with van der Waals surface area (Å²) in [6.07, 6.45) is 5.91. The van der Waals surface area contributed by atoms with Crippen LogP contribution in [0.25, 0.3) is 0 Å². The molecule has 3 aromatic rings. The van der Waals surface area contributed by atoms with Gasteiger partial charge >= 0.3 is 0 Å². The van der Waals surface area contributed by atoms with E-state index in [0.717, 1.165) is 0 Å². The van der Waals surface area contributed by atoms with Crippen LogP contribution in [0.3, 0.4) is 0 Å². The van der Waals surface area contributed by atoms with Crippen LogP contribution in [0.2, 0.25) is 0 Å². The Bertz CT molecular complexity index is 1150. The third-order valence-electron chi connectivity index (χ3n) is 3.56. The quantitative estimate of drug-likeness (QED) is 0.694. The molecule has 1 amide bonds. The molecule has 2 N–H and O–H groups in total. The number of nitrogens with zero attached hydrogens (tertiary/aromatic N) is 3. The van der Waals surface area contributed by atoms with Gasteiger partial charge in [-0.25, -0.2) is 9.19 Å². The lowest BCUT2D eigenvalue weighted by atomic mass is 10.2. The standard InChI is InChI=1S/C20H16N4O2S/c1-27(26,18-5-3-2-4-6-18)24-20(25)17-11-16(12-22-14-17)8-7-15-9-10-19(21)23-13-15/h2-6,9-14H,1H3,(H2,21,23)/t27-/m0/s1. The van der Waals surface area contributed by atoms with Crippen molar-refractivity contribution in [3.63, 3.8) is 0 Å². The molecule has 2 heterocycles. The number of aromatic nitrogens is 2. The van der Waals surface area contributed by atoms with Crippen molar-refractivity contribution < 1.29 is 9.00 Å². The third kappa shape index (κ3) is 4.77. The van der Waals surface area contributed by atoms with E-state index in [4.69, 9.17) is 5.73 Å². The maximum Gasteiger partial charge on any atom is 0.286 e. The molecule has 0 bridgehead atoms. The molecule has 27 heavy (non-hydrogen) atoms. The number of carbonyl (C=O) groups excluding carboxylic acids is 1. The summed E-state index contributed by atoms with van der Waals surface area (Å²) in [5.74, 6) is 5.65. The molecule has 3 rings (SSSR count). The van der Waals surface area contributed by atoms with Crippen molar-refractivity contribution >= 4 is 21.5 Å². The average Bonchev–Trinajstić information content (AvgIpc) is 2.68. The van der Waals surface area contributed by atoms with Gasteiger partial charge in [0.15, 0.2) is 0 Å². The second kappa shape index (κ2) is 7.81. The molecule has 6 nitrogen and oxygen atoms in total. The van der Waals surface area contributed by atoms with E-state index in [1.54, 1.807) is 48.7 Å². The Morgan fingerprint density at radius 2 is 1.78 bits per heavy atom. The number of amides is 1. The lowest BCUT2D eigenvalue weighted by Gasteiger charge is -2.03. The van der Waals surface area contributed by atoms with E-state index >= 15 is 0 Å². The van der Waals surface area contributed by atoms with E-state index in [1.165, 1.54) is 18.6 Å². The molecule has 0 aliphatic rings. The first-order chi connectivity index (χ1) is 12.9. The van der Waals surface area contributed by atoms with Crippen molar-refractivity contribution in [3.8, 4) is 11.8 Å². The molecule has 0 saturated heterocycles. The van der Waals surface area contributed by atoms with Gasteiger partial charge < -0.3 is 5.73 Å². The summed E-state index contributed by atoms with van der Waals surface area (Å²) in [7, 11) is -2.84. The monoisotopic (exact) mass is 376 g/mol. The van der Waals surface area contributed by atoms with E-state index in [2.05, 4.69) is 26.2 Å². The molecule has 7 heteroatoms. The van der Waals surface area contributed by atoms with Crippen LogP contribution >= 0.6 is 0 Å². The zero-order valence-electron chi connectivity index (χ0n) is 14.5. The second-order valence-electron chi connectivity index (χ2n) is 5.70. The molecule has 134 valence electrons. The summed E-state index contributed by atoms with van der Waals surface area (Å²) in [6, 6.07) is 13.6. The van der Waals surface area contributed by atoms with Crippen LogP contribution in [0.4, 0.5) is 5.82 Å². The fourth-order valence-electron chi connectivity index (χ4n) is 2.19. The Morgan fingerprint density at radius 3 is 2.48 bits per heavy atom. The molecule has 2 aromatic heterocycles. The average molecular weight is 376 g/mol. The molecule has 0 unspecified atom stereocenters. The topological polar surface area (TPSA) is 98.3 Å². The van der Waals surface area contributed by atoms with Crippen molar-refractivity contribution in [2.75, 3.05) is 12.0 Å². The van der Waals surface area contributed by atoms with E-state index < -0.39 is 15.6 Å². The summed E-state index contributed by atoms with van der Waals surface area (Å²) in [5, 5.41) is 0. The second-order valence-corrected chi connectivity index (χ2v) is 7.96. The molecule has 1 atom stereocenters. The van der Waals surface area contributed by atoms with Crippen LogP contribution < -0.4 is 5.73 Å². The van der Waals surface area contributed by atoms with Crippen LogP contribution in [-0.4, -0.2) is 26.3 Å². The van der Waals surface area contributed by atoms with Crippen molar-refractivity contribution in [2.24, 2.45) is 4.36 Å². The molecule has 0 radical (unpaired) electrons. The van der Waals surface area contributed by atoms with Crippen LogP contribution in [0.15, 0.2) is 76.4 Å². The highest BCUT2D eigenvalue weighted by molar-refractivity contribution is 7.93. The van der Waals surface area contributed by atoms with E-state index in [-0.39, 0.29) is 5.56 Å². The zero-order chi connectivity index (χ0) is 19.3. The molecular formula is C20H16N4O2S. The summed E-state index contributed by atoms with van der Waals surface area (Å²) < 4.78 is 16.6. The van der Waals surface area contributed by atoms with Crippen molar-refractivity contribution in [1.29, 1.82) is 0 Å². The summed E-state index contributed by atoms with van der Waals surface area (Å²) in [5.41, 5.74) is 6.99. The highest BCUT2D eigenvalue weighted by Gasteiger charge is 2.11. The first-order valence-electron chi connectivity index (χ1n) is 7.94. The van der Waals surface area contributed by atoms with Gasteiger partial charge in [-0.2, -0.15) is 4.36 Å². The first-order valence-corrected chi connectivity index (χ1v) is 9.86. The maximum atomic E-state index is 12.7. The van der Waals surface area contributed by atoms with Crippen LogP contribution in [-0.2, 0) is 9.73 Å².